The van der Waals surface area contributed by atoms with Gasteiger partial charge in [0.15, 0.2) is 5.11 Å². The van der Waals surface area contributed by atoms with E-state index in [2.05, 4.69) is 10.6 Å². The minimum atomic E-state index is -0.411. The second-order valence-corrected chi connectivity index (χ2v) is 8.26. The maximum Gasteiger partial charge on any atom is 0.306 e. The molecule has 0 saturated carbocycles. The van der Waals surface area contributed by atoms with E-state index >= 15 is 0 Å². The lowest BCUT2D eigenvalue weighted by Crippen LogP contribution is -2.34. The molecule has 0 fully saturated rings. The molecule has 2 amide bonds. The topological polar surface area (TPSA) is 87.7 Å². The predicted molar refractivity (Wildman–Crippen MR) is 143 cm³/mol. The fraction of sp³-hybridized carbons (Fsp3) is 0.259. The van der Waals surface area contributed by atoms with E-state index in [1.165, 1.54) is 0 Å². The number of rotatable bonds is 9. The summed E-state index contributed by atoms with van der Waals surface area (Å²) in [6.07, 6.45) is 0.713. The fourth-order valence-corrected chi connectivity index (χ4v) is 3.81. The molecule has 2 N–H and O–H groups in total. The molecule has 0 aliphatic rings. The summed E-state index contributed by atoms with van der Waals surface area (Å²) >= 11 is 5.18. The zero-order valence-electron chi connectivity index (χ0n) is 19.9. The first-order chi connectivity index (χ1) is 16.9. The molecule has 182 valence electrons. The van der Waals surface area contributed by atoms with Crippen LogP contribution in [0.4, 0.5) is 11.4 Å². The average Bonchev–Trinajstić information content (AvgIpc) is 2.87. The van der Waals surface area contributed by atoms with Crippen LogP contribution in [0, 0.1) is 0 Å². The summed E-state index contributed by atoms with van der Waals surface area (Å²) in [5, 5.41) is 7.66. The number of carbonyl (C=O) groups excluding carboxylic acids is 3. The minimum Gasteiger partial charge on any atom is -0.466 e. The van der Waals surface area contributed by atoms with Gasteiger partial charge >= 0.3 is 5.97 Å². The molecular weight excluding hydrogens is 462 g/mol. The third-order valence-electron chi connectivity index (χ3n) is 5.28. The Morgan fingerprint density at radius 2 is 1.63 bits per heavy atom. The van der Waals surface area contributed by atoms with Crippen LogP contribution in [-0.2, 0) is 14.3 Å². The number of carbonyl (C=O) groups is 3. The molecule has 0 atom stereocenters. The van der Waals surface area contributed by atoms with E-state index in [0.717, 1.165) is 22.9 Å². The summed E-state index contributed by atoms with van der Waals surface area (Å²) < 4.78 is 4.95. The SMILES string of the molecule is CCCOC(=O)CCC(=O)NC(=S)Nc1ccc(C(=O)N(CC)c2cccc3ccccc23)cc1. The van der Waals surface area contributed by atoms with Crippen LogP contribution in [-0.4, -0.2) is 36.0 Å². The first-order valence-electron chi connectivity index (χ1n) is 11.6. The number of amides is 2. The highest BCUT2D eigenvalue weighted by Crippen LogP contribution is 2.28. The number of esters is 1. The van der Waals surface area contributed by atoms with Crippen molar-refractivity contribution in [1.29, 1.82) is 0 Å². The molecule has 0 heterocycles. The summed E-state index contributed by atoms with van der Waals surface area (Å²) in [5.41, 5.74) is 2.02. The Balaban J connectivity index is 1.59. The lowest BCUT2D eigenvalue weighted by molar-refractivity contribution is -0.144. The summed E-state index contributed by atoms with van der Waals surface area (Å²) in [6, 6.07) is 20.8. The standard InChI is InChI=1S/C27H29N3O4S/c1-3-18-34-25(32)17-16-24(31)29-27(35)28-21-14-12-20(13-15-21)26(33)30(4-2)23-11-7-9-19-8-5-6-10-22(19)23/h5-15H,3-4,16-18H2,1-2H3,(H2,28,29,31,35). The monoisotopic (exact) mass is 491 g/mol. The molecule has 0 aliphatic carbocycles. The highest BCUT2D eigenvalue weighted by atomic mass is 32.1. The Kier molecular flexibility index (Phi) is 9.31. The number of nitrogens with zero attached hydrogens (tertiary/aromatic N) is 1. The normalized spacial score (nSPS) is 10.5. The first-order valence-corrected chi connectivity index (χ1v) is 12.0. The molecule has 0 radical (unpaired) electrons. The van der Waals surface area contributed by atoms with E-state index in [1.807, 2.05) is 56.3 Å². The van der Waals surface area contributed by atoms with Crippen LogP contribution >= 0.6 is 12.2 Å². The van der Waals surface area contributed by atoms with Crippen molar-refractivity contribution in [2.24, 2.45) is 0 Å². The van der Waals surface area contributed by atoms with Crippen molar-refractivity contribution in [2.75, 3.05) is 23.4 Å². The van der Waals surface area contributed by atoms with Crippen LogP contribution in [0.25, 0.3) is 10.8 Å². The minimum absolute atomic E-state index is 0.00408. The summed E-state index contributed by atoms with van der Waals surface area (Å²) in [7, 11) is 0. The number of hydrogen-bond acceptors (Lipinski definition) is 5. The number of hydrogen-bond donors (Lipinski definition) is 2. The smallest absolute Gasteiger partial charge is 0.306 e. The molecule has 3 rings (SSSR count). The van der Waals surface area contributed by atoms with Gasteiger partial charge in [0, 0.05) is 29.6 Å². The van der Waals surface area contributed by atoms with Crippen LogP contribution in [0.1, 0.15) is 43.5 Å². The quantitative estimate of drug-likeness (QED) is 0.322. The van der Waals surface area contributed by atoms with E-state index in [1.54, 1.807) is 29.2 Å². The lowest BCUT2D eigenvalue weighted by atomic mass is 10.1. The maximum atomic E-state index is 13.3. The molecule has 0 spiro atoms. The lowest BCUT2D eigenvalue weighted by Gasteiger charge is -2.23. The molecular formula is C27H29N3O4S. The van der Waals surface area contributed by atoms with Crippen molar-refractivity contribution in [3.63, 3.8) is 0 Å². The highest BCUT2D eigenvalue weighted by Gasteiger charge is 2.18. The van der Waals surface area contributed by atoms with Crippen molar-refractivity contribution in [2.45, 2.75) is 33.1 Å². The van der Waals surface area contributed by atoms with Crippen LogP contribution in [0.2, 0.25) is 0 Å². The van der Waals surface area contributed by atoms with Gasteiger partial charge in [-0.1, -0.05) is 43.3 Å². The van der Waals surface area contributed by atoms with Crippen molar-refractivity contribution >= 4 is 57.3 Å². The van der Waals surface area contributed by atoms with Gasteiger partial charge in [0.2, 0.25) is 5.91 Å². The molecule has 0 bridgehead atoms. The van der Waals surface area contributed by atoms with Crippen molar-refractivity contribution < 1.29 is 19.1 Å². The Labute approximate surface area is 210 Å². The van der Waals surface area contributed by atoms with Gasteiger partial charge in [0.25, 0.3) is 5.91 Å². The molecule has 0 aliphatic heterocycles. The Hall–Kier alpha value is -3.78. The van der Waals surface area contributed by atoms with E-state index in [-0.39, 0.29) is 29.8 Å². The van der Waals surface area contributed by atoms with Crippen LogP contribution in [0.15, 0.2) is 66.7 Å². The fourth-order valence-electron chi connectivity index (χ4n) is 3.57. The molecule has 3 aromatic carbocycles. The van der Waals surface area contributed by atoms with Gasteiger partial charge in [-0.05, 0) is 61.3 Å². The molecule has 7 nitrogen and oxygen atoms in total. The van der Waals surface area contributed by atoms with Crippen LogP contribution in [0.3, 0.4) is 0 Å². The van der Waals surface area contributed by atoms with Gasteiger partial charge in [-0.25, -0.2) is 0 Å². The van der Waals surface area contributed by atoms with Gasteiger partial charge in [0.1, 0.15) is 0 Å². The number of fused-ring (bicyclic) bond motifs is 1. The van der Waals surface area contributed by atoms with E-state index in [9.17, 15) is 14.4 Å². The molecule has 3 aromatic rings. The first kappa shape index (κ1) is 25.8. The Morgan fingerprint density at radius 1 is 0.914 bits per heavy atom. The van der Waals surface area contributed by atoms with Gasteiger partial charge in [-0.15, -0.1) is 0 Å². The zero-order valence-corrected chi connectivity index (χ0v) is 20.7. The van der Waals surface area contributed by atoms with E-state index in [4.69, 9.17) is 17.0 Å². The second kappa shape index (κ2) is 12.6. The Morgan fingerprint density at radius 3 is 2.34 bits per heavy atom. The number of thiocarbonyl (C=S) groups is 1. The third-order valence-corrected chi connectivity index (χ3v) is 5.49. The molecule has 0 unspecified atom stereocenters. The van der Waals surface area contributed by atoms with Crippen LogP contribution < -0.4 is 15.5 Å². The second-order valence-electron chi connectivity index (χ2n) is 7.85. The highest BCUT2D eigenvalue weighted by molar-refractivity contribution is 7.80. The van der Waals surface area contributed by atoms with Gasteiger partial charge in [-0.3, -0.25) is 14.4 Å². The molecule has 8 heteroatoms. The molecule has 0 aromatic heterocycles. The maximum absolute atomic E-state index is 13.3. The zero-order chi connectivity index (χ0) is 25.2. The predicted octanol–water partition coefficient (Wildman–Crippen LogP) is 5.05. The van der Waals surface area contributed by atoms with E-state index in [0.29, 0.717) is 24.4 Å². The van der Waals surface area contributed by atoms with Gasteiger partial charge < -0.3 is 20.3 Å². The number of anilines is 2. The average molecular weight is 492 g/mol. The summed E-state index contributed by atoms with van der Waals surface area (Å²) in [5.74, 6) is -0.900. The van der Waals surface area contributed by atoms with Crippen molar-refractivity contribution in [1.82, 2.24) is 5.32 Å². The number of nitrogens with one attached hydrogen (secondary N) is 2. The summed E-state index contributed by atoms with van der Waals surface area (Å²) in [6.45, 7) is 4.71. The molecule has 0 saturated heterocycles. The van der Waals surface area contributed by atoms with Gasteiger partial charge in [0.05, 0.1) is 18.7 Å². The van der Waals surface area contributed by atoms with Crippen molar-refractivity contribution in [3.8, 4) is 0 Å². The number of benzene rings is 3. The number of ether oxygens (including phenoxy) is 1. The van der Waals surface area contributed by atoms with Gasteiger partial charge in [-0.2, -0.15) is 0 Å². The largest absolute Gasteiger partial charge is 0.466 e. The third kappa shape index (κ3) is 7.10. The molecule has 35 heavy (non-hydrogen) atoms. The van der Waals surface area contributed by atoms with E-state index < -0.39 is 5.97 Å². The Bertz CT molecular complexity index is 1210. The summed E-state index contributed by atoms with van der Waals surface area (Å²) in [4.78, 5) is 38.5. The van der Waals surface area contributed by atoms with Crippen molar-refractivity contribution in [3.05, 3.63) is 72.3 Å². The van der Waals surface area contributed by atoms with Crippen LogP contribution in [0.5, 0.6) is 0 Å².